The van der Waals surface area contributed by atoms with E-state index in [2.05, 4.69) is 10.6 Å². The van der Waals surface area contributed by atoms with Crippen molar-refractivity contribution in [1.82, 2.24) is 0 Å². The van der Waals surface area contributed by atoms with Crippen molar-refractivity contribution < 1.29 is 15.1 Å². The van der Waals surface area contributed by atoms with E-state index >= 15 is 0 Å². The van der Waals surface area contributed by atoms with Gasteiger partial charge in [0.15, 0.2) is 0 Å². The summed E-state index contributed by atoms with van der Waals surface area (Å²) in [6.07, 6.45) is 0.529. The molecule has 0 radical (unpaired) electrons. The number of benzene rings is 1. The Hall–Kier alpha value is -1.57. The summed E-state index contributed by atoms with van der Waals surface area (Å²) in [5.41, 5.74) is 0.974. The fourth-order valence-corrected chi connectivity index (χ4v) is 1.44. The van der Waals surface area contributed by atoms with Gasteiger partial charge < -0.3 is 20.8 Å². The van der Waals surface area contributed by atoms with Gasteiger partial charge in [0.1, 0.15) is 5.69 Å². The molecule has 8 heteroatoms. The van der Waals surface area contributed by atoms with Crippen molar-refractivity contribution in [1.29, 1.82) is 0 Å². The number of halogens is 1. The second-order valence-corrected chi connectivity index (χ2v) is 3.64. The predicted molar refractivity (Wildman–Crippen MR) is 76.1 cm³/mol. The molecule has 0 bridgehead atoms. The second-order valence-electron chi connectivity index (χ2n) is 3.64. The zero-order valence-electron chi connectivity index (χ0n) is 10.3. The standard InChI is InChI=1S/C11H17N3O4.ClH/c15-6-1-4-13-10-3-2-9(12-5-7-16)8-11(10)14(17)18;/h2-3,8,12-13,15-16H,1,4-7H2;1H. The maximum absolute atomic E-state index is 10.9. The first kappa shape index (κ1) is 17.4. The third-order valence-electron chi connectivity index (χ3n) is 2.29. The number of aliphatic hydroxyl groups is 2. The van der Waals surface area contributed by atoms with Crippen LogP contribution in [0.2, 0.25) is 0 Å². The Bertz CT molecular complexity index is 404. The lowest BCUT2D eigenvalue weighted by Crippen LogP contribution is -2.08. The number of nitrogens with one attached hydrogen (secondary N) is 2. The third-order valence-corrected chi connectivity index (χ3v) is 2.29. The van der Waals surface area contributed by atoms with Crippen LogP contribution in [0.1, 0.15) is 6.42 Å². The fraction of sp³-hybridized carbons (Fsp3) is 0.455. The first-order valence-electron chi connectivity index (χ1n) is 5.67. The van der Waals surface area contributed by atoms with E-state index in [1.165, 1.54) is 6.07 Å². The molecule has 1 aromatic carbocycles. The van der Waals surface area contributed by atoms with E-state index in [4.69, 9.17) is 10.2 Å². The highest BCUT2D eigenvalue weighted by atomic mass is 35.5. The van der Waals surface area contributed by atoms with E-state index < -0.39 is 4.92 Å². The topological polar surface area (TPSA) is 108 Å². The molecular formula is C11H18ClN3O4. The Morgan fingerprint density at radius 1 is 1.16 bits per heavy atom. The number of hydrogen-bond donors (Lipinski definition) is 4. The van der Waals surface area contributed by atoms with Crippen LogP contribution in [0, 0.1) is 10.1 Å². The largest absolute Gasteiger partial charge is 0.396 e. The fourth-order valence-electron chi connectivity index (χ4n) is 1.44. The summed E-state index contributed by atoms with van der Waals surface area (Å²) in [6.45, 7) is 0.816. The highest BCUT2D eigenvalue weighted by molar-refractivity contribution is 5.85. The first-order valence-corrected chi connectivity index (χ1v) is 5.67. The number of aliphatic hydroxyl groups excluding tert-OH is 2. The first-order chi connectivity index (χ1) is 8.69. The summed E-state index contributed by atoms with van der Waals surface area (Å²) in [4.78, 5) is 10.5. The monoisotopic (exact) mass is 291 g/mol. The normalized spacial score (nSPS) is 9.58. The maximum Gasteiger partial charge on any atom is 0.294 e. The molecule has 0 aliphatic rings. The molecular weight excluding hydrogens is 274 g/mol. The molecule has 1 rings (SSSR count). The zero-order valence-corrected chi connectivity index (χ0v) is 11.2. The quantitative estimate of drug-likeness (QED) is 0.326. The van der Waals surface area contributed by atoms with Crippen LogP contribution in [0.25, 0.3) is 0 Å². The van der Waals surface area contributed by atoms with Crippen LogP contribution in [0.3, 0.4) is 0 Å². The Labute approximate surface area is 117 Å². The summed E-state index contributed by atoms with van der Waals surface area (Å²) in [5.74, 6) is 0. The molecule has 7 nitrogen and oxygen atoms in total. The van der Waals surface area contributed by atoms with Crippen LogP contribution in [0.4, 0.5) is 17.1 Å². The molecule has 108 valence electrons. The molecule has 0 heterocycles. The van der Waals surface area contributed by atoms with Gasteiger partial charge in [0.25, 0.3) is 5.69 Å². The Kier molecular flexibility index (Phi) is 8.60. The van der Waals surface area contributed by atoms with Crippen molar-refractivity contribution in [3.8, 4) is 0 Å². The van der Waals surface area contributed by atoms with E-state index in [1.54, 1.807) is 12.1 Å². The minimum atomic E-state index is -0.467. The lowest BCUT2D eigenvalue weighted by molar-refractivity contribution is -0.383. The number of rotatable bonds is 8. The van der Waals surface area contributed by atoms with Gasteiger partial charge in [-0.25, -0.2) is 0 Å². The van der Waals surface area contributed by atoms with Crippen molar-refractivity contribution >= 4 is 29.5 Å². The minimum Gasteiger partial charge on any atom is -0.396 e. The van der Waals surface area contributed by atoms with E-state index in [1.807, 2.05) is 0 Å². The van der Waals surface area contributed by atoms with E-state index in [-0.39, 0.29) is 31.3 Å². The van der Waals surface area contributed by atoms with Crippen LogP contribution in [-0.4, -0.2) is 41.4 Å². The van der Waals surface area contributed by atoms with Crippen molar-refractivity contribution in [2.75, 3.05) is 36.9 Å². The highest BCUT2D eigenvalue weighted by Crippen LogP contribution is 2.27. The number of nitrogens with zero attached hydrogens (tertiary/aromatic N) is 1. The van der Waals surface area contributed by atoms with Crippen LogP contribution in [-0.2, 0) is 0 Å². The third kappa shape index (κ3) is 5.73. The van der Waals surface area contributed by atoms with Crippen molar-refractivity contribution in [3.05, 3.63) is 28.3 Å². The average molecular weight is 292 g/mol. The van der Waals surface area contributed by atoms with Crippen LogP contribution >= 0.6 is 12.4 Å². The molecule has 0 spiro atoms. The predicted octanol–water partition coefficient (Wildman–Crippen LogP) is 1.22. The van der Waals surface area contributed by atoms with Gasteiger partial charge in [-0.2, -0.15) is 0 Å². The van der Waals surface area contributed by atoms with Gasteiger partial charge in [-0.1, -0.05) is 0 Å². The molecule has 0 saturated heterocycles. The molecule has 0 saturated carbocycles. The van der Waals surface area contributed by atoms with Gasteiger partial charge in [-0.3, -0.25) is 10.1 Å². The summed E-state index contributed by atoms with van der Waals surface area (Å²) >= 11 is 0. The Morgan fingerprint density at radius 3 is 2.47 bits per heavy atom. The summed E-state index contributed by atoms with van der Waals surface area (Å²) < 4.78 is 0. The van der Waals surface area contributed by atoms with E-state index in [0.29, 0.717) is 30.9 Å². The van der Waals surface area contributed by atoms with Gasteiger partial charge in [-0.15, -0.1) is 12.4 Å². The Balaban J connectivity index is 0.00000324. The van der Waals surface area contributed by atoms with Crippen molar-refractivity contribution in [3.63, 3.8) is 0 Å². The minimum absolute atomic E-state index is 0. The van der Waals surface area contributed by atoms with E-state index in [9.17, 15) is 10.1 Å². The molecule has 0 amide bonds. The molecule has 0 aromatic heterocycles. The van der Waals surface area contributed by atoms with Crippen LogP contribution in [0.5, 0.6) is 0 Å². The van der Waals surface area contributed by atoms with E-state index in [0.717, 1.165) is 0 Å². The van der Waals surface area contributed by atoms with Gasteiger partial charge >= 0.3 is 0 Å². The summed E-state index contributed by atoms with van der Waals surface area (Å²) in [7, 11) is 0. The van der Waals surface area contributed by atoms with Crippen molar-refractivity contribution in [2.24, 2.45) is 0 Å². The Morgan fingerprint density at radius 2 is 1.89 bits per heavy atom. The molecule has 19 heavy (non-hydrogen) atoms. The lowest BCUT2D eigenvalue weighted by Gasteiger charge is -2.09. The zero-order chi connectivity index (χ0) is 13.4. The summed E-state index contributed by atoms with van der Waals surface area (Å²) in [6, 6.07) is 4.72. The average Bonchev–Trinajstić information content (AvgIpc) is 2.37. The summed E-state index contributed by atoms with van der Waals surface area (Å²) in [5, 5.41) is 34.0. The van der Waals surface area contributed by atoms with Crippen LogP contribution in [0.15, 0.2) is 18.2 Å². The molecule has 4 N–H and O–H groups in total. The molecule has 1 aromatic rings. The van der Waals surface area contributed by atoms with Gasteiger partial charge in [0.2, 0.25) is 0 Å². The number of nitro groups is 1. The van der Waals surface area contributed by atoms with Crippen molar-refractivity contribution in [2.45, 2.75) is 6.42 Å². The molecule has 0 unspecified atom stereocenters. The smallest absolute Gasteiger partial charge is 0.294 e. The molecule has 0 atom stereocenters. The van der Waals surface area contributed by atoms with Crippen LogP contribution < -0.4 is 10.6 Å². The maximum atomic E-state index is 10.9. The SMILES string of the molecule is Cl.O=[N+]([O-])c1cc(NCCO)ccc1NCCCO. The molecule has 0 aliphatic carbocycles. The number of anilines is 2. The number of hydrogen-bond acceptors (Lipinski definition) is 6. The lowest BCUT2D eigenvalue weighted by atomic mass is 10.2. The van der Waals surface area contributed by atoms with Gasteiger partial charge in [0.05, 0.1) is 11.5 Å². The molecule has 0 fully saturated rings. The highest BCUT2D eigenvalue weighted by Gasteiger charge is 2.13. The van der Waals surface area contributed by atoms with Gasteiger partial charge in [-0.05, 0) is 18.6 Å². The van der Waals surface area contributed by atoms with Gasteiger partial charge in [0, 0.05) is 31.5 Å². The molecule has 0 aliphatic heterocycles. The second kappa shape index (κ2) is 9.37. The number of nitro benzene ring substituents is 1.